The molecule has 8 heteroatoms. The number of nitrogens with one attached hydrogen (secondary N) is 1. The molecule has 1 heterocycles. The van der Waals surface area contributed by atoms with Crippen LogP contribution in [0.3, 0.4) is 0 Å². The van der Waals surface area contributed by atoms with Gasteiger partial charge in [-0.15, -0.1) is 0 Å². The van der Waals surface area contributed by atoms with Crippen LogP contribution in [0.15, 0.2) is 42.7 Å². The van der Waals surface area contributed by atoms with Gasteiger partial charge in [0.1, 0.15) is 12.6 Å². The predicted octanol–water partition coefficient (Wildman–Crippen LogP) is 1.27. The van der Waals surface area contributed by atoms with Crippen LogP contribution >= 0.6 is 0 Å². The average Bonchev–Trinajstić information content (AvgIpc) is 3.01. The summed E-state index contributed by atoms with van der Waals surface area (Å²) in [5, 5.41) is 15.4. The lowest BCUT2D eigenvalue weighted by Gasteiger charge is -2.14. The Balaban J connectivity index is 1.88. The number of amides is 1. The van der Waals surface area contributed by atoms with Gasteiger partial charge in [-0.25, -0.2) is 9.59 Å². The molecule has 122 valence electrons. The molecule has 2 N–H and O–H groups in total. The van der Waals surface area contributed by atoms with Crippen LogP contribution in [0.5, 0.6) is 5.75 Å². The maximum atomic E-state index is 11.7. The number of aliphatic carboxylic acids is 1. The van der Waals surface area contributed by atoms with Gasteiger partial charge in [0.25, 0.3) is 0 Å². The highest BCUT2D eigenvalue weighted by molar-refractivity contribution is 5.79. The molecule has 0 aliphatic rings. The second-order valence-electron chi connectivity index (χ2n) is 4.70. The van der Waals surface area contributed by atoms with E-state index in [1.165, 1.54) is 24.2 Å². The van der Waals surface area contributed by atoms with Crippen LogP contribution in [0.2, 0.25) is 0 Å². The molecule has 1 atom stereocenters. The third-order valence-electron chi connectivity index (χ3n) is 3.02. The molecule has 1 aromatic carbocycles. The van der Waals surface area contributed by atoms with Gasteiger partial charge in [0.15, 0.2) is 5.75 Å². The molecule has 23 heavy (non-hydrogen) atoms. The van der Waals surface area contributed by atoms with E-state index in [9.17, 15) is 14.7 Å². The van der Waals surface area contributed by atoms with Gasteiger partial charge in [-0.05, 0) is 5.56 Å². The summed E-state index contributed by atoms with van der Waals surface area (Å²) in [6.07, 6.45) is 2.18. The molecule has 0 spiro atoms. The summed E-state index contributed by atoms with van der Waals surface area (Å²) in [6.45, 7) is 0.0216. The van der Waals surface area contributed by atoms with E-state index in [1.54, 1.807) is 12.1 Å². The van der Waals surface area contributed by atoms with E-state index in [4.69, 9.17) is 9.47 Å². The zero-order valence-electron chi connectivity index (χ0n) is 12.5. The van der Waals surface area contributed by atoms with Crippen LogP contribution in [0.25, 0.3) is 0 Å². The lowest BCUT2D eigenvalue weighted by atomic mass is 10.2. The molecule has 0 bridgehead atoms. The molecule has 1 amide bonds. The molecule has 0 aliphatic carbocycles. The number of alkyl carbamates (subject to hydrolysis) is 1. The monoisotopic (exact) mass is 319 g/mol. The van der Waals surface area contributed by atoms with Crippen molar-refractivity contribution >= 4 is 12.1 Å². The van der Waals surface area contributed by atoms with Gasteiger partial charge in [-0.2, -0.15) is 5.10 Å². The number of ether oxygens (including phenoxy) is 2. The first-order valence-corrected chi connectivity index (χ1v) is 6.85. The van der Waals surface area contributed by atoms with Gasteiger partial charge in [0.2, 0.25) is 0 Å². The third kappa shape index (κ3) is 5.03. The summed E-state index contributed by atoms with van der Waals surface area (Å²) in [5.74, 6) is -0.683. The van der Waals surface area contributed by atoms with E-state index in [0.29, 0.717) is 5.75 Å². The molecule has 0 radical (unpaired) electrons. The molecule has 0 saturated carbocycles. The Hall–Kier alpha value is -3.03. The van der Waals surface area contributed by atoms with Crippen LogP contribution in [0.4, 0.5) is 4.79 Å². The van der Waals surface area contributed by atoms with Gasteiger partial charge in [-0.3, -0.25) is 4.68 Å². The van der Waals surface area contributed by atoms with Crippen LogP contribution < -0.4 is 10.1 Å². The molecule has 1 aromatic heterocycles. The molecule has 0 aliphatic heterocycles. The number of hydrogen-bond acceptors (Lipinski definition) is 5. The van der Waals surface area contributed by atoms with Crippen molar-refractivity contribution in [3.05, 3.63) is 48.3 Å². The minimum atomic E-state index is -1.18. The van der Waals surface area contributed by atoms with Crippen molar-refractivity contribution in [3.63, 3.8) is 0 Å². The standard InChI is InChI=1S/C15H17N3O5/c1-22-12-7-16-18(8-12)9-13(14(19)20)17-15(21)23-10-11-5-3-2-4-6-11/h2-8,13H,9-10H2,1H3,(H,17,21)(H,19,20). The van der Waals surface area contributed by atoms with Crippen molar-refractivity contribution in [2.45, 2.75) is 19.2 Å². The highest BCUT2D eigenvalue weighted by Crippen LogP contribution is 2.07. The number of nitrogens with zero attached hydrogens (tertiary/aromatic N) is 2. The van der Waals surface area contributed by atoms with Crippen LogP contribution in [-0.4, -0.2) is 40.1 Å². The Kier molecular flexibility index (Phi) is 5.56. The number of carboxylic acid groups (broad SMARTS) is 1. The smallest absolute Gasteiger partial charge is 0.408 e. The van der Waals surface area contributed by atoms with Gasteiger partial charge in [0, 0.05) is 0 Å². The fraction of sp³-hybridized carbons (Fsp3) is 0.267. The molecule has 2 rings (SSSR count). The zero-order chi connectivity index (χ0) is 16.7. The van der Waals surface area contributed by atoms with Crippen molar-refractivity contribution in [1.29, 1.82) is 0 Å². The molecule has 0 fully saturated rings. The number of hydrogen-bond donors (Lipinski definition) is 2. The molecule has 1 unspecified atom stereocenters. The number of methoxy groups -OCH3 is 1. The summed E-state index contributed by atoms with van der Waals surface area (Å²) < 4.78 is 11.3. The van der Waals surface area contributed by atoms with Gasteiger partial charge in [0.05, 0.1) is 26.0 Å². The second kappa shape index (κ2) is 7.83. The van der Waals surface area contributed by atoms with Crippen molar-refractivity contribution < 1.29 is 24.2 Å². The summed E-state index contributed by atoms with van der Waals surface area (Å²) in [4.78, 5) is 23.0. The first-order chi connectivity index (χ1) is 11.1. The normalized spacial score (nSPS) is 11.5. The molecule has 0 saturated heterocycles. The van der Waals surface area contributed by atoms with Gasteiger partial charge in [-0.1, -0.05) is 30.3 Å². The highest BCUT2D eigenvalue weighted by atomic mass is 16.5. The van der Waals surface area contributed by atoms with Gasteiger partial charge >= 0.3 is 12.1 Å². The van der Waals surface area contributed by atoms with Gasteiger partial charge < -0.3 is 19.9 Å². The van der Waals surface area contributed by atoms with Crippen molar-refractivity contribution in [1.82, 2.24) is 15.1 Å². The van der Waals surface area contributed by atoms with E-state index in [0.717, 1.165) is 5.56 Å². The first-order valence-electron chi connectivity index (χ1n) is 6.85. The minimum absolute atomic E-state index is 0.0425. The summed E-state index contributed by atoms with van der Waals surface area (Å²) in [6, 6.07) is 7.94. The molecule has 2 aromatic rings. The lowest BCUT2D eigenvalue weighted by Crippen LogP contribution is -2.44. The fourth-order valence-corrected chi connectivity index (χ4v) is 1.83. The Morgan fingerprint density at radius 2 is 2.09 bits per heavy atom. The highest BCUT2D eigenvalue weighted by Gasteiger charge is 2.22. The largest absolute Gasteiger partial charge is 0.493 e. The number of carbonyl (C=O) groups excluding carboxylic acids is 1. The minimum Gasteiger partial charge on any atom is -0.493 e. The van der Waals surface area contributed by atoms with E-state index >= 15 is 0 Å². The number of aromatic nitrogens is 2. The molecular formula is C15H17N3O5. The molecular weight excluding hydrogens is 302 g/mol. The van der Waals surface area contributed by atoms with Crippen LogP contribution in [0, 0.1) is 0 Å². The van der Waals surface area contributed by atoms with E-state index < -0.39 is 18.1 Å². The maximum Gasteiger partial charge on any atom is 0.408 e. The number of carbonyl (C=O) groups is 2. The predicted molar refractivity (Wildman–Crippen MR) is 80.0 cm³/mol. The molecule has 8 nitrogen and oxygen atoms in total. The average molecular weight is 319 g/mol. The summed E-state index contributed by atoms with van der Waals surface area (Å²) in [7, 11) is 1.48. The number of carboxylic acids is 1. The van der Waals surface area contributed by atoms with E-state index in [2.05, 4.69) is 10.4 Å². The van der Waals surface area contributed by atoms with Crippen molar-refractivity contribution in [3.8, 4) is 5.75 Å². The van der Waals surface area contributed by atoms with Crippen molar-refractivity contribution in [2.75, 3.05) is 7.11 Å². The second-order valence-corrected chi connectivity index (χ2v) is 4.70. The Morgan fingerprint density at radius 1 is 1.35 bits per heavy atom. The summed E-state index contributed by atoms with van der Waals surface area (Å²) in [5.41, 5.74) is 0.811. The van der Waals surface area contributed by atoms with Crippen molar-refractivity contribution in [2.24, 2.45) is 0 Å². The third-order valence-corrected chi connectivity index (χ3v) is 3.02. The SMILES string of the molecule is COc1cnn(CC(NC(=O)OCc2ccccc2)C(=O)O)c1. The zero-order valence-corrected chi connectivity index (χ0v) is 12.5. The van der Waals surface area contributed by atoms with Crippen LogP contribution in [-0.2, 0) is 22.7 Å². The lowest BCUT2D eigenvalue weighted by molar-refractivity contribution is -0.139. The summed E-state index contributed by atoms with van der Waals surface area (Å²) >= 11 is 0. The first kappa shape index (κ1) is 16.3. The van der Waals surface area contributed by atoms with Crippen LogP contribution in [0.1, 0.15) is 5.56 Å². The number of benzene rings is 1. The van der Waals surface area contributed by atoms with E-state index in [1.807, 2.05) is 18.2 Å². The van der Waals surface area contributed by atoms with E-state index in [-0.39, 0.29) is 13.2 Å². The fourth-order valence-electron chi connectivity index (χ4n) is 1.83. The Bertz CT molecular complexity index is 656. The number of rotatable bonds is 7. The Labute approximate surface area is 132 Å². The Morgan fingerprint density at radius 3 is 2.70 bits per heavy atom. The quantitative estimate of drug-likeness (QED) is 0.797. The topological polar surface area (TPSA) is 103 Å². The maximum absolute atomic E-state index is 11.7.